The highest BCUT2D eigenvalue weighted by molar-refractivity contribution is 5.60. The summed E-state index contributed by atoms with van der Waals surface area (Å²) in [5.41, 5.74) is 1.68. The SMILES string of the molecule is COc1ccc(C(NCc2nc(-c3ccc(OC(F)F)c(OC)c3)no2)C(C)C)cc1. The summed E-state index contributed by atoms with van der Waals surface area (Å²) in [6.45, 7) is 1.67. The molecule has 2 aromatic carbocycles. The van der Waals surface area contributed by atoms with Crippen LogP contribution in [-0.4, -0.2) is 31.0 Å². The van der Waals surface area contributed by atoms with Crippen molar-refractivity contribution in [1.82, 2.24) is 15.5 Å². The fourth-order valence-electron chi connectivity index (χ4n) is 3.19. The van der Waals surface area contributed by atoms with Gasteiger partial charge in [-0.15, -0.1) is 0 Å². The Labute approximate surface area is 179 Å². The molecule has 0 saturated carbocycles. The first-order chi connectivity index (χ1) is 14.9. The molecule has 0 aliphatic carbocycles. The highest BCUT2D eigenvalue weighted by Gasteiger charge is 2.18. The van der Waals surface area contributed by atoms with Gasteiger partial charge in [0.1, 0.15) is 5.75 Å². The van der Waals surface area contributed by atoms with Crippen molar-refractivity contribution in [2.75, 3.05) is 14.2 Å². The number of halogens is 2. The van der Waals surface area contributed by atoms with E-state index in [-0.39, 0.29) is 17.5 Å². The number of aromatic nitrogens is 2. The second-order valence-corrected chi connectivity index (χ2v) is 7.13. The molecule has 9 heteroatoms. The first-order valence-corrected chi connectivity index (χ1v) is 9.74. The topological polar surface area (TPSA) is 78.6 Å². The van der Waals surface area contributed by atoms with Gasteiger partial charge in [-0.3, -0.25) is 0 Å². The van der Waals surface area contributed by atoms with E-state index in [2.05, 4.69) is 34.0 Å². The summed E-state index contributed by atoms with van der Waals surface area (Å²) in [7, 11) is 3.00. The minimum Gasteiger partial charge on any atom is -0.497 e. The largest absolute Gasteiger partial charge is 0.497 e. The molecule has 31 heavy (non-hydrogen) atoms. The Bertz CT molecular complexity index is 977. The summed E-state index contributed by atoms with van der Waals surface area (Å²) in [5.74, 6) is 1.94. The molecule has 1 aromatic heterocycles. The van der Waals surface area contributed by atoms with Crippen LogP contribution >= 0.6 is 0 Å². The van der Waals surface area contributed by atoms with E-state index < -0.39 is 6.61 Å². The van der Waals surface area contributed by atoms with Crippen LogP contribution in [0.25, 0.3) is 11.4 Å². The van der Waals surface area contributed by atoms with Crippen molar-refractivity contribution in [3.8, 4) is 28.6 Å². The van der Waals surface area contributed by atoms with Gasteiger partial charge in [0.25, 0.3) is 0 Å². The van der Waals surface area contributed by atoms with Gasteiger partial charge in [-0.25, -0.2) is 0 Å². The highest BCUT2D eigenvalue weighted by atomic mass is 19.3. The Balaban J connectivity index is 1.71. The van der Waals surface area contributed by atoms with Crippen LogP contribution in [0, 0.1) is 5.92 Å². The average molecular weight is 433 g/mol. The van der Waals surface area contributed by atoms with Crippen LogP contribution in [0.3, 0.4) is 0 Å². The standard InChI is InChI=1S/C22H25F2N3O4/c1-13(2)20(14-5-8-16(28-3)9-6-14)25-12-19-26-21(27-31-19)15-7-10-17(30-22(23)24)18(11-15)29-4/h5-11,13,20,22,25H,12H2,1-4H3. The molecule has 0 radical (unpaired) electrons. The lowest BCUT2D eigenvalue weighted by molar-refractivity contribution is -0.0512. The Morgan fingerprint density at radius 2 is 1.74 bits per heavy atom. The summed E-state index contributed by atoms with van der Waals surface area (Å²) < 4.78 is 45.1. The third-order valence-corrected chi connectivity index (χ3v) is 4.72. The lowest BCUT2D eigenvalue weighted by Crippen LogP contribution is -2.25. The highest BCUT2D eigenvalue weighted by Crippen LogP contribution is 2.32. The predicted molar refractivity (Wildman–Crippen MR) is 110 cm³/mol. The molecule has 3 aromatic rings. The zero-order chi connectivity index (χ0) is 22.4. The van der Waals surface area contributed by atoms with Crippen molar-refractivity contribution < 1.29 is 27.5 Å². The van der Waals surface area contributed by atoms with Gasteiger partial charge >= 0.3 is 6.61 Å². The fourth-order valence-corrected chi connectivity index (χ4v) is 3.19. The Hall–Kier alpha value is -3.20. The Morgan fingerprint density at radius 1 is 1.00 bits per heavy atom. The molecule has 0 spiro atoms. The molecule has 1 N–H and O–H groups in total. The van der Waals surface area contributed by atoms with Crippen molar-refractivity contribution >= 4 is 0 Å². The zero-order valence-electron chi connectivity index (χ0n) is 17.8. The summed E-state index contributed by atoms with van der Waals surface area (Å²) >= 11 is 0. The second-order valence-electron chi connectivity index (χ2n) is 7.13. The maximum atomic E-state index is 12.5. The van der Waals surface area contributed by atoms with E-state index >= 15 is 0 Å². The Kier molecular flexibility index (Phi) is 7.41. The molecule has 1 unspecified atom stereocenters. The summed E-state index contributed by atoms with van der Waals surface area (Å²) in [6.07, 6.45) is 0. The molecule has 1 heterocycles. The van der Waals surface area contributed by atoms with E-state index in [1.54, 1.807) is 13.2 Å². The summed E-state index contributed by atoms with van der Waals surface area (Å²) in [4.78, 5) is 4.39. The van der Waals surface area contributed by atoms with Gasteiger partial charge in [-0.05, 0) is 41.8 Å². The number of benzene rings is 2. The van der Waals surface area contributed by atoms with Crippen LogP contribution < -0.4 is 19.5 Å². The van der Waals surface area contributed by atoms with Gasteiger partial charge in [0.05, 0.1) is 20.8 Å². The smallest absolute Gasteiger partial charge is 0.387 e. The van der Waals surface area contributed by atoms with Crippen LogP contribution in [0.5, 0.6) is 17.2 Å². The number of hydrogen-bond acceptors (Lipinski definition) is 7. The van der Waals surface area contributed by atoms with Crippen LogP contribution in [-0.2, 0) is 6.54 Å². The number of hydrogen-bond donors (Lipinski definition) is 1. The van der Waals surface area contributed by atoms with Crippen LogP contribution in [0.1, 0.15) is 31.3 Å². The van der Waals surface area contributed by atoms with Gasteiger partial charge in [0, 0.05) is 11.6 Å². The van der Waals surface area contributed by atoms with Gasteiger partial charge in [0.2, 0.25) is 11.7 Å². The number of alkyl halides is 2. The van der Waals surface area contributed by atoms with Gasteiger partial charge in [0.15, 0.2) is 11.5 Å². The number of rotatable bonds is 10. The lowest BCUT2D eigenvalue weighted by Gasteiger charge is -2.22. The van der Waals surface area contributed by atoms with Crippen molar-refractivity contribution in [1.29, 1.82) is 0 Å². The Morgan fingerprint density at radius 3 is 2.35 bits per heavy atom. The molecule has 0 amide bonds. The maximum Gasteiger partial charge on any atom is 0.387 e. The normalized spacial score (nSPS) is 12.3. The molecule has 7 nitrogen and oxygen atoms in total. The predicted octanol–water partition coefficient (Wildman–Crippen LogP) is 4.84. The number of methoxy groups -OCH3 is 2. The molecular formula is C22H25F2N3O4. The molecule has 0 fully saturated rings. The van der Waals surface area contributed by atoms with Crippen LogP contribution in [0.2, 0.25) is 0 Å². The second kappa shape index (κ2) is 10.2. The van der Waals surface area contributed by atoms with Crippen LogP contribution in [0.4, 0.5) is 8.78 Å². The lowest BCUT2D eigenvalue weighted by atomic mass is 9.96. The van der Waals surface area contributed by atoms with E-state index in [4.69, 9.17) is 14.0 Å². The van der Waals surface area contributed by atoms with Crippen molar-refractivity contribution in [2.24, 2.45) is 5.92 Å². The van der Waals surface area contributed by atoms with Crippen molar-refractivity contribution in [2.45, 2.75) is 33.0 Å². The summed E-state index contributed by atoms with van der Waals surface area (Å²) in [5, 5.41) is 7.43. The van der Waals surface area contributed by atoms with Gasteiger partial charge in [-0.2, -0.15) is 13.8 Å². The van der Waals surface area contributed by atoms with Crippen molar-refractivity contribution in [3.63, 3.8) is 0 Å². The molecule has 0 aliphatic heterocycles. The fraction of sp³-hybridized carbons (Fsp3) is 0.364. The van der Waals surface area contributed by atoms with E-state index in [0.29, 0.717) is 29.7 Å². The molecule has 3 rings (SSSR count). The van der Waals surface area contributed by atoms with E-state index in [9.17, 15) is 8.78 Å². The third kappa shape index (κ3) is 5.69. The van der Waals surface area contributed by atoms with E-state index in [1.807, 2.05) is 24.3 Å². The first kappa shape index (κ1) is 22.5. The average Bonchev–Trinajstić information content (AvgIpc) is 3.23. The number of nitrogens with zero attached hydrogens (tertiary/aromatic N) is 2. The van der Waals surface area contributed by atoms with Gasteiger partial charge < -0.3 is 24.1 Å². The monoisotopic (exact) mass is 433 g/mol. The minimum atomic E-state index is -2.94. The van der Waals surface area contributed by atoms with E-state index in [1.165, 1.54) is 19.2 Å². The number of nitrogens with one attached hydrogen (secondary N) is 1. The molecule has 0 aliphatic rings. The molecule has 1 atom stereocenters. The minimum absolute atomic E-state index is 0.0640. The zero-order valence-corrected chi connectivity index (χ0v) is 17.8. The number of ether oxygens (including phenoxy) is 3. The van der Waals surface area contributed by atoms with Crippen LogP contribution in [0.15, 0.2) is 47.0 Å². The molecular weight excluding hydrogens is 408 g/mol. The molecule has 166 valence electrons. The maximum absolute atomic E-state index is 12.5. The molecule has 0 bridgehead atoms. The van der Waals surface area contributed by atoms with Gasteiger partial charge in [-0.1, -0.05) is 31.1 Å². The van der Waals surface area contributed by atoms with E-state index in [0.717, 1.165) is 11.3 Å². The summed E-state index contributed by atoms with van der Waals surface area (Å²) in [6, 6.07) is 12.4. The van der Waals surface area contributed by atoms with Crippen molar-refractivity contribution in [3.05, 3.63) is 53.9 Å². The third-order valence-electron chi connectivity index (χ3n) is 4.72. The first-order valence-electron chi connectivity index (χ1n) is 9.74. The molecule has 0 saturated heterocycles. The quantitative estimate of drug-likeness (QED) is 0.490.